The lowest BCUT2D eigenvalue weighted by Gasteiger charge is -2.36. The number of anilines is 1. The van der Waals surface area contributed by atoms with E-state index in [9.17, 15) is 9.59 Å². The van der Waals surface area contributed by atoms with Crippen LogP contribution in [0.1, 0.15) is 11.5 Å². The summed E-state index contributed by atoms with van der Waals surface area (Å²) in [4.78, 5) is 34.3. The minimum Gasteiger partial charge on any atom is -0.497 e. The highest BCUT2D eigenvalue weighted by Gasteiger charge is 2.24. The fourth-order valence-electron chi connectivity index (χ4n) is 4.10. The van der Waals surface area contributed by atoms with Crippen LogP contribution in [0.2, 0.25) is 0 Å². The molecule has 0 unspecified atom stereocenters. The van der Waals surface area contributed by atoms with Crippen molar-refractivity contribution in [2.45, 2.75) is 20.1 Å². The van der Waals surface area contributed by atoms with Crippen molar-refractivity contribution in [3.63, 3.8) is 0 Å². The van der Waals surface area contributed by atoms with Crippen LogP contribution in [0.5, 0.6) is 17.2 Å². The Morgan fingerprint density at radius 1 is 0.943 bits per heavy atom. The number of carbonyl (C=O) groups is 1. The molecule has 1 saturated heterocycles. The predicted molar refractivity (Wildman–Crippen MR) is 132 cm³/mol. The van der Waals surface area contributed by atoms with Gasteiger partial charge in [-0.25, -0.2) is 4.98 Å². The highest BCUT2D eigenvalue weighted by atomic mass is 16.5. The van der Waals surface area contributed by atoms with Crippen LogP contribution in [-0.2, 0) is 17.9 Å². The summed E-state index contributed by atoms with van der Waals surface area (Å²) in [6.45, 7) is 4.22. The molecule has 0 spiro atoms. The molecule has 0 N–H and O–H groups in total. The molecule has 4 rings (SSSR count). The Hall–Kier alpha value is -4.01. The first-order chi connectivity index (χ1) is 17.0. The number of benzene rings is 2. The molecule has 1 aliphatic heterocycles. The Morgan fingerprint density at radius 2 is 1.63 bits per heavy atom. The van der Waals surface area contributed by atoms with Crippen molar-refractivity contribution >= 4 is 11.6 Å². The fraction of sp³-hybridized carbons (Fsp3) is 0.346. The number of hydrogen-bond acceptors (Lipinski definition) is 7. The van der Waals surface area contributed by atoms with Crippen LogP contribution in [0, 0.1) is 6.92 Å². The van der Waals surface area contributed by atoms with Gasteiger partial charge in [0.05, 0.1) is 19.9 Å². The normalized spacial score (nSPS) is 13.5. The van der Waals surface area contributed by atoms with E-state index in [-0.39, 0.29) is 24.6 Å². The number of piperazine rings is 1. The van der Waals surface area contributed by atoms with Crippen molar-refractivity contribution in [3.05, 3.63) is 76.5 Å². The average molecular weight is 479 g/mol. The molecule has 9 heteroatoms. The Bertz CT molecular complexity index is 1220. The average Bonchev–Trinajstić information content (AvgIpc) is 2.89. The highest BCUT2D eigenvalue weighted by molar-refractivity contribution is 5.76. The summed E-state index contributed by atoms with van der Waals surface area (Å²) in [5.74, 6) is 2.44. The summed E-state index contributed by atoms with van der Waals surface area (Å²) in [5, 5.41) is 0. The maximum absolute atomic E-state index is 13.1. The molecule has 0 radical (unpaired) electrons. The smallest absolute Gasteiger partial charge is 0.254 e. The van der Waals surface area contributed by atoms with Gasteiger partial charge in [-0.15, -0.1) is 0 Å². The first kappa shape index (κ1) is 24.1. The molecule has 1 fully saturated rings. The van der Waals surface area contributed by atoms with Gasteiger partial charge in [-0.3, -0.25) is 14.2 Å². The number of nitrogens with zero attached hydrogens (tertiary/aromatic N) is 4. The maximum atomic E-state index is 13.1. The molecule has 184 valence electrons. The first-order valence-electron chi connectivity index (χ1n) is 11.5. The first-order valence-corrected chi connectivity index (χ1v) is 11.5. The fourth-order valence-corrected chi connectivity index (χ4v) is 4.10. The number of carbonyl (C=O) groups excluding carboxylic acids is 1. The van der Waals surface area contributed by atoms with Crippen LogP contribution in [0.4, 0.5) is 5.69 Å². The number of hydrogen-bond donors (Lipinski definition) is 0. The predicted octanol–water partition coefficient (Wildman–Crippen LogP) is 2.50. The van der Waals surface area contributed by atoms with E-state index in [4.69, 9.17) is 14.2 Å². The lowest BCUT2D eigenvalue weighted by molar-refractivity contribution is -0.132. The Labute approximate surface area is 204 Å². The van der Waals surface area contributed by atoms with E-state index in [0.29, 0.717) is 43.4 Å². The van der Waals surface area contributed by atoms with Gasteiger partial charge in [-0.05, 0) is 43.3 Å². The molecule has 0 aliphatic carbocycles. The van der Waals surface area contributed by atoms with Gasteiger partial charge < -0.3 is 24.0 Å². The Kier molecular flexibility index (Phi) is 7.54. The molecule has 9 nitrogen and oxygen atoms in total. The largest absolute Gasteiger partial charge is 0.497 e. The second-order valence-electron chi connectivity index (χ2n) is 8.24. The lowest BCUT2D eigenvalue weighted by Crippen LogP contribution is -2.50. The summed E-state index contributed by atoms with van der Waals surface area (Å²) in [5.41, 5.74) is 1.32. The number of ether oxygens (including phenoxy) is 3. The third kappa shape index (κ3) is 5.74. The molecule has 1 amide bonds. The number of aryl methyl sites for hydroxylation is 1. The van der Waals surface area contributed by atoms with Crippen molar-refractivity contribution in [2.24, 2.45) is 0 Å². The van der Waals surface area contributed by atoms with Gasteiger partial charge in [0.2, 0.25) is 5.91 Å². The van der Waals surface area contributed by atoms with Crippen LogP contribution in [0.3, 0.4) is 0 Å². The zero-order valence-corrected chi connectivity index (χ0v) is 20.3. The van der Waals surface area contributed by atoms with Gasteiger partial charge in [-0.1, -0.05) is 12.1 Å². The highest BCUT2D eigenvalue weighted by Crippen LogP contribution is 2.28. The summed E-state index contributed by atoms with van der Waals surface area (Å²) >= 11 is 0. The minimum absolute atomic E-state index is 0.0676. The van der Waals surface area contributed by atoms with E-state index in [0.717, 1.165) is 17.2 Å². The summed E-state index contributed by atoms with van der Waals surface area (Å²) in [6, 6.07) is 16.4. The van der Waals surface area contributed by atoms with E-state index in [2.05, 4.69) is 9.88 Å². The molecule has 1 aromatic heterocycles. The molecule has 35 heavy (non-hydrogen) atoms. The monoisotopic (exact) mass is 478 g/mol. The van der Waals surface area contributed by atoms with Crippen molar-refractivity contribution in [1.82, 2.24) is 14.5 Å². The van der Waals surface area contributed by atoms with Crippen LogP contribution in [0.15, 0.2) is 59.4 Å². The molecular weight excluding hydrogens is 448 g/mol. The maximum Gasteiger partial charge on any atom is 0.254 e. The third-order valence-corrected chi connectivity index (χ3v) is 5.99. The molecule has 1 aliphatic rings. The summed E-state index contributed by atoms with van der Waals surface area (Å²) < 4.78 is 17.9. The van der Waals surface area contributed by atoms with Gasteiger partial charge in [-0.2, -0.15) is 0 Å². The number of para-hydroxylation sites is 2. The standard InChI is InChI=1S/C26H30N4O5/c1-19-16-25(31)30(24(27-19)18-35-21-10-8-20(33-2)9-11-21)17-26(32)29-14-12-28(13-15-29)22-6-4-5-7-23(22)34-3/h4-11,16H,12-15,17-18H2,1-3H3. The van der Waals surface area contributed by atoms with Crippen molar-refractivity contribution in [1.29, 1.82) is 0 Å². The molecular formula is C26H30N4O5. The number of aromatic nitrogens is 2. The molecule has 0 saturated carbocycles. The number of methoxy groups -OCH3 is 2. The van der Waals surface area contributed by atoms with Gasteiger partial charge in [0.1, 0.15) is 36.2 Å². The summed E-state index contributed by atoms with van der Waals surface area (Å²) in [6.07, 6.45) is 0. The number of amides is 1. The zero-order chi connectivity index (χ0) is 24.8. The quantitative estimate of drug-likeness (QED) is 0.492. The van der Waals surface area contributed by atoms with Gasteiger partial charge in [0, 0.05) is 37.9 Å². The van der Waals surface area contributed by atoms with Gasteiger partial charge in [0.25, 0.3) is 5.56 Å². The SMILES string of the molecule is COc1ccc(OCc2nc(C)cc(=O)n2CC(=O)N2CCN(c3ccccc3OC)CC2)cc1. The van der Waals surface area contributed by atoms with Crippen LogP contribution in [0.25, 0.3) is 0 Å². The van der Waals surface area contributed by atoms with Crippen LogP contribution in [-0.4, -0.2) is 60.8 Å². The topological polar surface area (TPSA) is 86.1 Å². The van der Waals surface area contributed by atoms with E-state index in [1.807, 2.05) is 24.3 Å². The van der Waals surface area contributed by atoms with Gasteiger partial charge >= 0.3 is 0 Å². The zero-order valence-electron chi connectivity index (χ0n) is 20.3. The molecule has 2 aromatic carbocycles. The second kappa shape index (κ2) is 10.9. The minimum atomic E-state index is -0.271. The summed E-state index contributed by atoms with van der Waals surface area (Å²) in [7, 11) is 3.25. The molecule has 3 aromatic rings. The molecule has 2 heterocycles. The Balaban J connectivity index is 1.42. The van der Waals surface area contributed by atoms with Crippen molar-refractivity contribution < 1.29 is 19.0 Å². The number of rotatable bonds is 8. The van der Waals surface area contributed by atoms with Crippen LogP contribution >= 0.6 is 0 Å². The lowest BCUT2D eigenvalue weighted by atomic mass is 10.2. The van der Waals surface area contributed by atoms with E-state index >= 15 is 0 Å². The van der Waals surface area contributed by atoms with Crippen molar-refractivity contribution in [3.8, 4) is 17.2 Å². The van der Waals surface area contributed by atoms with E-state index < -0.39 is 0 Å². The van der Waals surface area contributed by atoms with E-state index in [1.54, 1.807) is 50.3 Å². The molecule has 0 atom stereocenters. The Morgan fingerprint density at radius 3 is 2.31 bits per heavy atom. The van der Waals surface area contributed by atoms with Crippen LogP contribution < -0.4 is 24.7 Å². The molecule has 0 bridgehead atoms. The van der Waals surface area contributed by atoms with Crippen molar-refractivity contribution in [2.75, 3.05) is 45.3 Å². The second-order valence-corrected chi connectivity index (χ2v) is 8.24. The third-order valence-electron chi connectivity index (χ3n) is 5.99. The van der Waals surface area contributed by atoms with E-state index in [1.165, 1.54) is 10.6 Å². The van der Waals surface area contributed by atoms with Gasteiger partial charge in [0.15, 0.2) is 0 Å².